The molecule has 1 aromatic rings. The maximum absolute atomic E-state index is 13.1. The second-order valence-electron chi connectivity index (χ2n) is 14.9. The molecule has 1 aromatic carbocycles. The Labute approximate surface area is 237 Å². The number of rotatable bonds is 6. The van der Waals surface area contributed by atoms with Crippen LogP contribution in [0, 0.1) is 33.5 Å². The van der Waals surface area contributed by atoms with Crippen molar-refractivity contribution in [3.8, 4) is 5.75 Å². The van der Waals surface area contributed by atoms with Crippen molar-refractivity contribution >= 4 is 5.97 Å². The van der Waals surface area contributed by atoms with Crippen molar-refractivity contribution in [2.45, 2.75) is 125 Å². The van der Waals surface area contributed by atoms with E-state index >= 15 is 0 Å². The lowest BCUT2D eigenvalue weighted by atomic mass is 9.43. The number of phenolic OH excluding ortho intramolecular Hbond substituents is 1. The van der Waals surface area contributed by atoms with Crippen LogP contribution < -0.4 is 0 Å². The van der Waals surface area contributed by atoms with Gasteiger partial charge in [0.1, 0.15) is 17.4 Å². The molecule has 4 aliphatic carbocycles. The molecule has 0 radical (unpaired) electrons. The van der Waals surface area contributed by atoms with Crippen molar-refractivity contribution in [2.24, 2.45) is 33.5 Å². The Morgan fingerprint density at radius 3 is 2.44 bits per heavy atom. The highest BCUT2D eigenvalue weighted by atomic mass is 16.5. The summed E-state index contributed by atoms with van der Waals surface area (Å²) in [6, 6.07) is 6.74. The molecule has 39 heavy (non-hydrogen) atoms. The van der Waals surface area contributed by atoms with Gasteiger partial charge in [0, 0.05) is 5.41 Å². The number of fused-ring (bicyclic) bond motifs is 4. The lowest BCUT2D eigenvalue weighted by Crippen LogP contribution is -2.55. The van der Waals surface area contributed by atoms with Gasteiger partial charge in [-0.2, -0.15) is 0 Å². The summed E-state index contributed by atoms with van der Waals surface area (Å²) >= 11 is 0. The van der Waals surface area contributed by atoms with Crippen LogP contribution in [-0.4, -0.2) is 17.2 Å². The normalized spacial score (nSPS) is 36.9. The van der Waals surface area contributed by atoms with E-state index in [-0.39, 0.29) is 28.2 Å². The standard InChI is InChI=1S/C36H52O3/c1-24(2)12-8-9-13-25-18-22-36(7)28-16-17-30-33(3,4)31(39-32(38)26-14-10-11-15-29(26)37)20-21-34(30,5)27(28)19-23-35(25,36)6/h10-12,14-15,25,30-31,37H,8-9,13,16-23H2,1-7H3. The molecule has 0 spiro atoms. The van der Waals surface area contributed by atoms with E-state index in [0.29, 0.717) is 16.7 Å². The van der Waals surface area contributed by atoms with E-state index < -0.39 is 5.97 Å². The first-order valence-corrected chi connectivity index (χ1v) is 15.7. The summed E-state index contributed by atoms with van der Waals surface area (Å²) in [6.07, 6.45) is 15.9. The molecule has 214 valence electrons. The van der Waals surface area contributed by atoms with Crippen LogP contribution in [0.15, 0.2) is 47.1 Å². The molecule has 4 aliphatic rings. The molecular weight excluding hydrogens is 480 g/mol. The van der Waals surface area contributed by atoms with Crippen molar-refractivity contribution in [3.05, 3.63) is 52.6 Å². The zero-order valence-corrected chi connectivity index (χ0v) is 25.7. The van der Waals surface area contributed by atoms with Crippen LogP contribution in [0.2, 0.25) is 0 Å². The number of hydrogen-bond donors (Lipinski definition) is 1. The summed E-state index contributed by atoms with van der Waals surface area (Å²) in [5.41, 5.74) is 6.13. The third kappa shape index (κ3) is 4.51. The number of hydrogen-bond acceptors (Lipinski definition) is 3. The van der Waals surface area contributed by atoms with Gasteiger partial charge in [-0.05, 0) is 125 Å². The van der Waals surface area contributed by atoms with Gasteiger partial charge in [0.2, 0.25) is 0 Å². The summed E-state index contributed by atoms with van der Waals surface area (Å²) in [5.74, 6) is 0.939. The molecule has 0 aliphatic heterocycles. The quantitative estimate of drug-likeness (QED) is 0.225. The minimum atomic E-state index is -0.395. The molecule has 1 N–H and O–H groups in total. The van der Waals surface area contributed by atoms with Crippen molar-refractivity contribution in [1.29, 1.82) is 0 Å². The monoisotopic (exact) mass is 532 g/mol. The number of aromatic hydroxyl groups is 1. The Kier molecular flexibility index (Phi) is 7.39. The average Bonchev–Trinajstić information content (AvgIpc) is 3.14. The van der Waals surface area contributed by atoms with E-state index in [1.807, 2.05) is 5.57 Å². The number of benzene rings is 1. The van der Waals surface area contributed by atoms with Gasteiger partial charge in [0.25, 0.3) is 0 Å². The predicted molar refractivity (Wildman–Crippen MR) is 160 cm³/mol. The lowest BCUT2D eigenvalue weighted by molar-refractivity contribution is -0.103. The maximum atomic E-state index is 13.1. The third-order valence-electron chi connectivity index (χ3n) is 12.6. The van der Waals surface area contributed by atoms with Gasteiger partial charge in [-0.25, -0.2) is 4.79 Å². The zero-order chi connectivity index (χ0) is 28.2. The van der Waals surface area contributed by atoms with E-state index in [9.17, 15) is 9.90 Å². The van der Waals surface area contributed by atoms with E-state index in [2.05, 4.69) is 54.5 Å². The van der Waals surface area contributed by atoms with Gasteiger partial charge < -0.3 is 9.84 Å². The number of unbranched alkanes of at least 4 members (excludes halogenated alkanes) is 1. The number of esters is 1. The molecule has 0 bridgehead atoms. The van der Waals surface area contributed by atoms with Crippen molar-refractivity contribution in [1.82, 2.24) is 0 Å². The molecule has 0 heterocycles. The molecule has 3 heteroatoms. The molecule has 6 unspecified atom stereocenters. The van der Waals surface area contributed by atoms with Crippen LogP contribution in [0.1, 0.15) is 129 Å². The minimum absolute atomic E-state index is 0.00118. The summed E-state index contributed by atoms with van der Waals surface area (Å²) < 4.78 is 6.17. The smallest absolute Gasteiger partial charge is 0.342 e. The van der Waals surface area contributed by atoms with E-state index in [0.717, 1.165) is 18.8 Å². The SMILES string of the molecule is CC(C)=CCCCC1CCC2(C)C3=C(CCC12C)C1(C)CCC(OC(=O)c2ccccc2O)C(C)(C)C1CC3. The van der Waals surface area contributed by atoms with Gasteiger partial charge in [-0.1, -0.05) is 69.5 Å². The first-order valence-electron chi connectivity index (χ1n) is 15.7. The predicted octanol–water partition coefficient (Wildman–Crippen LogP) is 9.80. The Bertz CT molecular complexity index is 1170. The Morgan fingerprint density at radius 2 is 1.72 bits per heavy atom. The molecule has 5 rings (SSSR count). The Hall–Kier alpha value is -2.03. The fourth-order valence-electron chi connectivity index (χ4n) is 10.0. The second-order valence-corrected chi connectivity index (χ2v) is 14.9. The van der Waals surface area contributed by atoms with Gasteiger partial charge in [-0.15, -0.1) is 0 Å². The highest BCUT2D eigenvalue weighted by Crippen LogP contribution is 2.72. The van der Waals surface area contributed by atoms with Crippen molar-refractivity contribution in [2.75, 3.05) is 0 Å². The molecule has 0 saturated heterocycles. The topological polar surface area (TPSA) is 46.5 Å². The molecular formula is C36H52O3. The van der Waals surface area contributed by atoms with Crippen LogP contribution in [0.4, 0.5) is 0 Å². The fraction of sp³-hybridized carbons (Fsp3) is 0.694. The summed E-state index contributed by atoms with van der Waals surface area (Å²) in [4.78, 5) is 13.1. The van der Waals surface area contributed by atoms with Gasteiger partial charge in [0.15, 0.2) is 0 Å². The fourth-order valence-corrected chi connectivity index (χ4v) is 10.0. The van der Waals surface area contributed by atoms with Crippen molar-refractivity contribution < 1.29 is 14.6 Å². The molecule has 2 fully saturated rings. The average molecular weight is 533 g/mol. The Balaban J connectivity index is 1.37. The van der Waals surface area contributed by atoms with E-state index in [4.69, 9.17) is 4.74 Å². The first-order chi connectivity index (χ1) is 18.3. The highest BCUT2D eigenvalue weighted by Gasteiger charge is 2.63. The minimum Gasteiger partial charge on any atom is -0.507 e. The van der Waals surface area contributed by atoms with E-state index in [1.54, 1.807) is 29.8 Å². The van der Waals surface area contributed by atoms with Crippen LogP contribution in [-0.2, 0) is 4.74 Å². The maximum Gasteiger partial charge on any atom is 0.342 e. The molecule has 3 nitrogen and oxygen atoms in total. The van der Waals surface area contributed by atoms with Gasteiger partial charge in [0.05, 0.1) is 0 Å². The molecule has 0 amide bonds. The number of allylic oxidation sites excluding steroid dienone is 4. The summed E-state index contributed by atoms with van der Waals surface area (Å²) in [6.45, 7) is 16.9. The molecule has 0 aromatic heterocycles. The largest absolute Gasteiger partial charge is 0.507 e. The summed E-state index contributed by atoms with van der Waals surface area (Å²) in [5, 5.41) is 10.2. The number of carbonyl (C=O) groups is 1. The summed E-state index contributed by atoms with van der Waals surface area (Å²) in [7, 11) is 0. The van der Waals surface area contributed by atoms with Gasteiger partial charge >= 0.3 is 5.97 Å². The van der Waals surface area contributed by atoms with Crippen molar-refractivity contribution in [3.63, 3.8) is 0 Å². The van der Waals surface area contributed by atoms with Crippen LogP contribution in [0.5, 0.6) is 5.75 Å². The first kappa shape index (κ1) is 28.5. The zero-order valence-electron chi connectivity index (χ0n) is 25.7. The molecule has 6 atom stereocenters. The van der Waals surface area contributed by atoms with Gasteiger partial charge in [-0.3, -0.25) is 0 Å². The number of carbonyl (C=O) groups excluding carboxylic acids is 1. The Morgan fingerprint density at radius 1 is 0.974 bits per heavy atom. The number of para-hydroxylation sites is 1. The number of ether oxygens (including phenoxy) is 1. The number of phenols is 1. The highest BCUT2D eigenvalue weighted by molar-refractivity contribution is 5.92. The van der Waals surface area contributed by atoms with E-state index in [1.165, 1.54) is 63.4 Å². The lowest BCUT2D eigenvalue weighted by Gasteiger charge is -2.62. The van der Waals surface area contributed by atoms with Crippen LogP contribution in [0.25, 0.3) is 0 Å². The van der Waals surface area contributed by atoms with Crippen LogP contribution >= 0.6 is 0 Å². The third-order valence-corrected chi connectivity index (χ3v) is 12.6. The van der Waals surface area contributed by atoms with Crippen LogP contribution in [0.3, 0.4) is 0 Å². The second kappa shape index (κ2) is 10.1. The molecule has 2 saturated carbocycles.